The van der Waals surface area contributed by atoms with E-state index in [1.807, 2.05) is 6.07 Å². The molecule has 2 aromatic rings. The molecule has 1 aromatic heterocycles. The van der Waals surface area contributed by atoms with Crippen LogP contribution < -0.4 is 5.32 Å². The highest BCUT2D eigenvalue weighted by molar-refractivity contribution is 6.28. The minimum absolute atomic E-state index is 0.426. The van der Waals surface area contributed by atoms with Crippen LogP contribution in [0.2, 0.25) is 5.22 Å². The van der Waals surface area contributed by atoms with E-state index < -0.39 is 0 Å². The fourth-order valence-corrected chi connectivity index (χ4v) is 2.47. The predicted octanol–water partition coefficient (Wildman–Crippen LogP) is 4.17. The third kappa shape index (κ3) is 2.77. The minimum Gasteiger partial charge on any atom is -0.448 e. The lowest BCUT2D eigenvalue weighted by Crippen LogP contribution is -2.22. The Balaban J connectivity index is 1.68. The second-order valence-electron chi connectivity index (χ2n) is 4.81. The van der Waals surface area contributed by atoms with Gasteiger partial charge in [0.15, 0.2) is 5.22 Å². The molecule has 18 heavy (non-hydrogen) atoms. The average molecular weight is 262 g/mol. The van der Waals surface area contributed by atoms with E-state index in [2.05, 4.69) is 35.6 Å². The lowest BCUT2D eigenvalue weighted by atomic mass is 10.0. The molecule has 1 aliphatic carbocycles. The second kappa shape index (κ2) is 5.17. The van der Waals surface area contributed by atoms with Crippen molar-refractivity contribution < 1.29 is 4.42 Å². The van der Waals surface area contributed by atoms with Crippen molar-refractivity contribution in [2.24, 2.45) is 5.92 Å². The molecule has 0 amide bonds. The highest BCUT2D eigenvalue weighted by Gasteiger charge is 2.31. The summed E-state index contributed by atoms with van der Waals surface area (Å²) in [5, 5.41) is 4.03. The molecule has 0 bridgehead atoms. The van der Waals surface area contributed by atoms with Gasteiger partial charge in [0.2, 0.25) is 0 Å². The van der Waals surface area contributed by atoms with Gasteiger partial charge in [0.25, 0.3) is 0 Å². The summed E-state index contributed by atoms with van der Waals surface area (Å²) in [7, 11) is 0. The Morgan fingerprint density at radius 1 is 1.17 bits per heavy atom. The van der Waals surface area contributed by atoms with E-state index in [0.29, 0.717) is 11.3 Å². The zero-order chi connectivity index (χ0) is 12.4. The second-order valence-corrected chi connectivity index (χ2v) is 5.19. The van der Waals surface area contributed by atoms with Gasteiger partial charge in [-0.15, -0.1) is 0 Å². The molecule has 1 N–H and O–H groups in total. The largest absolute Gasteiger partial charge is 0.448 e. The van der Waals surface area contributed by atoms with Crippen LogP contribution in [0, 0.1) is 5.92 Å². The Morgan fingerprint density at radius 2 is 1.94 bits per heavy atom. The van der Waals surface area contributed by atoms with Crippen LogP contribution in [0.1, 0.15) is 30.2 Å². The van der Waals surface area contributed by atoms with E-state index in [1.54, 1.807) is 6.07 Å². The molecule has 1 saturated carbocycles. The lowest BCUT2D eigenvalue weighted by Gasteiger charge is -2.18. The number of rotatable bonds is 5. The van der Waals surface area contributed by atoms with Gasteiger partial charge in [0.05, 0.1) is 6.54 Å². The molecular formula is C15H16ClNO. The van der Waals surface area contributed by atoms with Crippen LogP contribution in [0.3, 0.4) is 0 Å². The summed E-state index contributed by atoms with van der Waals surface area (Å²) >= 11 is 5.77. The van der Waals surface area contributed by atoms with Crippen molar-refractivity contribution in [2.75, 3.05) is 0 Å². The van der Waals surface area contributed by atoms with Crippen molar-refractivity contribution in [1.29, 1.82) is 0 Å². The molecule has 0 saturated heterocycles. The van der Waals surface area contributed by atoms with Gasteiger partial charge in [-0.2, -0.15) is 0 Å². The van der Waals surface area contributed by atoms with Crippen molar-refractivity contribution in [3.8, 4) is 0 Å². The van der Waals surface area contributed by atoms with Crippen LogP contribution in [0.15, 0.2) is 46.9 Å². The molecule has 1 aromatic carbocycles. The van der Waals surface area contributed by atoms with Gasteiger partial charge in [0, 0.05) is 6.04 Å². The molecule has 1 aliphatic rings. The number of hydrogen-bond acceptors (Lipinski definition) is 2. The third-order valence-electron chi connectivity index (χ3n) is 3.38. The van der Waals surface area contributed by atoms with Crippen LogP contribution in [0.4, 0.5) is 0 Å². The quantitative estimate of drug-likeness (QED) is 0.874. The molecule has 2 nitrogen and oxygen atoms in total. The summed E-state index contributed by atoms with van der Waals surface area (Å²) in [6.07, 6.45) is 2.62. The first-order valence-corrected chi connectivity index (χ1v) is 6.73. The van der Waals surface area contributed by atoms with E-state index >= 15 is 0 Å². The minimum atomic E-state index is 0.426. The summed E-state index contributed by atoms with van der Waals surface area (Å²) < 4.78 is 5.37. The maximum Gasteiger partial charge on any atom is 0.193 e. The van der Waals surface area contributed by atoms with E-state index in [1.165, 1.54) is 18.4 Å². The van der Waals surface area contributed by atoms with Crippen LogP contribution in [-0.4, -0.2) is 0 Å². The standard InChI is InChI=1S/C15H16ClNO/c16-14-9-8-13(18-14)10-17-15(12-6-7-12)11-4-2-1-3-5-11/h1-5,8-9,12,15,17H,6-7,10H2. The van der Waals surface area contributed by atoms with E-state index in [4.69, 9.17) is 16.0 Å². The van der Waals surface area contributed by atoms with E-state index in [9.17, 15) is 0 Å². The summed E-state index contributed by atoms with van der Waals surface area (Å²) in [6, 6.07) is 14.7. The molecule has 3 rings (SSSR count). The first kappa shape index (κ1) is 11.8. The molecular weight excluding hydrogens is 246 g/mol. The molecule has 1 fully saturated rings. The number of halogens is 1. The van der Waals surface area contributed by atoms with Gasteiger partial charge >= 0.3 is 0 Å². The van der Waals surface area contributed by atoms with Crippen LogP contribution in [-0.2, 0) is 6.54 Å². The van der Waals surface area contributed by atoms with Crippen molar-refractivity contribution >= 4 is 11.6 Å². The maximum atomic E-state index is 5.77. The van der Waals surface area contributed by atoms with Gasteiger partial charge in [-0.3, -0.25) is 0 Å². The summed E-state index contributed by atoms with van der Waals surface area (Å²) in [4.78, 5) is 0. The number of benzene rings is 1. The number of furan rings is 1. The topological polar surface area (TPSA) is 25.2 Å². The molecule has 1 heterocycles. The highest BCUT2D eigenvalue weighted by Crippen LogP contribution is 2.41. The number of nitrogens with one attached hydrogen (secondary N) is 1. The maximum absolute atomic E-state index is 5.77. The van der Waals surface area contributed by atoms with E-state index in [-0.39, 0.29) is 0 Å². The molecule has 0 radical (unpaired) electrons. The zero-order valence-electron chi connectivity index (χ0n) is 10.1. The summed E-state index contributed by atoms with van der Waals surface area (Å²) in [5.41, 5.74) is 1.36. The van der Waals surface area contributed by atoms with Crippen LogP contribution in [0.25, 0.3) is 0 Å². The molecule has 94 valence electrons. The van der Waals surface area contributed by atoms with Crippen molar-refractivity contribution in [3.63, 3.8) is 0 Å². The van der Waals surface area contributed by atoms with Crippen molar-refractivity contribution in [1.82, 2.24) is 5.32 Å². The molecule has 0 spiro atoms. The van der Waals surface area contributed by atoms with Crippen LogP contribution >= 0.6 is 11.6 Å². The van der Waals surface area contributed by atoms with Gasteiger partial charge in [-0.05, 0) is 48.1 Å². The SMILES string of the molecule is Clc1ccc(CNC(c2ccccc2)C2CC2)o1. The van der Waals surface area contributed by atoms with Gasteiger partial charge in [0.1, 0.15) is 5.76 Å². The fourth-order valence-electron chi connectivity index (χ4n) is 2.30. The normalized spacial score (nSPS) is 16.7. The smallest absolute Gasteiger partial charge is 0.193 e. The Hall–Kier alpha value is -1.25. The molecule has 1 unspecified atom stereocenters. The van der Waals surface area contributed by atoms with Crippen molar-refractivity contribution in [3.05, 3.63) is 59.0 Å². The van der Waals surface area contributed by atoms with Gasteiger partial charge in [-0.1, -0.05) is 30.3 Å². The van der Waals surface area contributed by atoms with Gasteiger partial charge in [-0.25, -0.2) is 0 Å². The first-order chi connectivity index (χ1) is 8.83. The summed E-state index contributed by atoms with van der Waals surface area (Å²) in [5.74, 6) is 1.65. The van der Waals surface area contributed by atoms with Gasteiger partial charge < -0.3 is 9.73 Å². The lowest BCUT2D eigenvalue weighted by molar-refractivity contribution is 0.426. The fraction of sp³-hybridized carbons (Fsp3) is 0.333. The number of hydrogen-bond donors (Lipinski definition) is 1. The molecule has 3 heteroatoms. The predicted molar refractivity (Wildman–Crippen MR) is 72.5 cm³/mol. The zero-order valence-corrected chi connectivity index (χ0v) is 10.9. The highest BCUT2D eigenvalue weighted by atomic mass is 35.5. The Bertz CT molecular complexity index is 504. The summed E-state index contributed by atoms with van der Waals surface area (Å²) in [6.45, 7) is 0.725. The van der Waals surface area contributed by atoms with E-state index in [0.717, 1.165) is 18.2 Å². The Kier molecular flexibility index (Phi) is 3.39. The Labute approximate surface area is 112 Å². The Morgan fingerprint density at radius 3 is 2.56 bits per heavy atom. The van der Waals surface area contributed by atoms with Crippen LogP contribution in [0.5, 0.6) is 0 Å². The van der Waals surface area contributed by atoms with Crippen molar-refractivity contribution in [2.45, 2.75) is 25.4 Å². The first-order valence-electron chi connectivity index (χ1n) is 6.35. The molecule has 0 aliphatic heterocycles. The molecule has 1 atom stereocenters. The monoisotopic (exact) mass is 261 g/mol. The third-order valence-corrected chi connectivity index (χ3v) is 3.58. The average Bonchev–Trinajstić information content (AvgIpc) is 3.14.